The lowest BCUT2D eigenvalue weighted by molar-refractivity contribution is 0.918. The minimum absolute atomic E-state index is 0.631. The highest BCUT2D eigenvalue weighted by Gasteiger charge is 2.04. The van der Waals surface area contributed by atoms with Gasteiger partial charge in [0.05, 0.1) is 5.52 Å². The number of hydrogen-bond donors (Lipinski definition) is 0. The first kappa shape index (κ1) is 10.9. The van der Waals surface area contributed by atoms with Crippen molar-refractivity contribution in [2.75, 3.05) is 0 Å². The quantitative estimate of drug-likeness (QED) is 0.734. The number of fused-ring (bicyclic) bond motifs is 1. The Hall–Kier alpha value is -0.600. The molecule has 0 saturated heterocycles. The van der Waals surface area contributed by atoms with Gasteiger partial charge in [-0.3, -0.25) is 0 Å². The fourth-order valence-corrected chi connectivity index (χ4v) is 2.23. The molecule has 78 valence electrons. The molecule has 0 saturated carbocycles. The van der Waals surface area contributed by atoms with Crippen LogP contribution in [0, 0.1) is 0 Å². The molecule has 0 bridgehead atoms. The standard InChI is InChI=1S/C12H11BrClN/c1-2-3-8-6-9-7-10(13)4-5-11(9)15-12(8)14/h4-7H,2-3H2,1H3. The van der Waals surface area contributed by atoms with E-state index in [9.17, 15) is 0 Å². The maximum atomic E-state index is 6.10. The summed E-state index contributed by atoms with van der Waals surface area (Å²) in [5.74, 6) is 0. The number of nitrogens with zero attached hydrogens (tertiary/aromatic N) is 1. The highest BCUT2D eigenvalue weighted by molar-refractivity contribution is 9.10. The highest BCUT2D eigenvalue weighted by Crippen LogP contribution is 2.24. The Labute approximate surface area is 103 Å². The Kier molecular flexibility index (Phi) is 3.27. The molecule has 0 N–H and O–H groups in total. The smallest absolute Gasteiger partial charge is 0.132 e. The highest BCUT2D eigenvalue weighted by atomic mass is 79.9. The molecule has 2 rings (SSSR count). The van der Waals surface area contributed by atoms with E-state index in [0.717, 1.165) is 33.8 Å². The molecule has 1 aromatic carbocycles. The molecule has 0 atom stereocenters. The summed E-state index contributed by atoms with van der Waals surface area (Å²) in [6.07, 6.45) is 2.06. The summed E-state index contributed by atoms with van der Waals surface area (Å²) in [5, 5.41) is 1.77. The van der Waals surface area contributed by atoms with Gasteiger partial charge in [-0.2, -0.15) is 0 Å². The Bertz CT molecular complexity index is 496. The number of pyridine rings is 1. The van der Waals surface area contributed by atoms with E-state index in [4.69, 9.17) is 11.6 Å². The number of rotatable bonds is 2. The predicted octanol–water partition coefficient (Wildman–Crippen LogP) is 4.60. The van der Waals surface area contributed by atoms with Crippen molar-refractivity contribution < 1.29 is 0 Å². The average molecular weight is 285 g/mol. The van der Waals surface area contributed by atoms with Crippen molar-refractivity contribution in [3.05, 3.63) is 39.5 Å². The SMILES string of the molecule is CCCc1cc2cc(Br)ccc2nc1Cl. The number of aryl methyl sites for hydroxylation is 1. The van der Waals surface area contributed by atoms with Gasteiger partial charge in [-0.05, 0) is 36.2 Å². The van der Waals surface area contributed by atoms with E-state index < -0.39 is 0 Å². The summed E-state index contributed by atoms with van der Waals surface area (Å²) >= 11 is 9.55. The van der Waals surface area contributed by atoms with Gasteiger partial charge in [-0.1, -0.05) is 40.9 Å². The van der Waals surface area contributed by atoms with Crippen LogP contribution in [0.15, 0.2) is 28.7 Å². The van der Waals surface area contributed by atoms with Crippen LogP contribution in [-0.4, -0.2) is 4.98 Å². The maximum Gasteiger partial charge on any atom is 0.132 e. The van der Waals surface area contributed by atoms with Crippen molar-refractivity contribution in [1.82, 2.24) is 4.98 Å². The third kappa shape index (κ3) is 2.32. The lowest BCUT2D eigenvalue weighted by Gasteiger charge is -2.04. The van der Waals surface area contributed by atoms with Gasteiger partial charge in [0, 0.05) is 9.86 Å². The molecule has 0 fully saturated rings. The van der Waals surface area contributed by atoms with Gasteiger partial charge in [0.15, 0.2) is 0 Å². The van der Waals surface area contributed by atoms with Crippen LogP contribution in [0.5, 0.6) is 0 Å². The first-order valence-corrected chi connectivity index (χ1v) is 6.12. The summed E-state index contributed by atoms with van der Waals surface area (Å²) in [6, 6.07) is 8.14. The van der Waals surface area contributed by atoms with Crippen molar-refractivity contribution >= 4 is 38.4 Å². The van der Waals surface area contributed by atoms with E-state index >= 15 is 0 Å². The van der Waals surface area contributed by atoms with Gasteiger partial charge in [-0.25, -0.2) is 4.98 Å². The monoisotopic (exact) mass is 283 g/mol. The number of hydrogen-bond acceptors (Lipinski definition) is 1. The van der Waals surface area contributed by atoms with Crippen LogP contribution in [0.1, 0.15) is 18.9 Å². The number of benzene rings is 1. The minimum atomic E-state index is 0.631. The van der Waals surface area contributed by atoms with Crippen LogP contribution in [0.3, 0.4) is 0 Å². The van der Waals surface area contributed by atoms with E-state index in [2.05, 4.69) is 40.0 Å². The van der Waals surface area contributed by atoms with Crippen molar-refractivity contribution in [1.29, 1.82) is 0 Å². The molecule has 1 heterocycles. The molecule has 0 unspecified atom stereocenters. The van der Waals surface area contributed by atoms with Crippen molar-refractivity contribution in [2.45, 2.75) is 19.8 Å². The zero-order valence-corrected chi connectivity index (χ0v) is 10.8. The molecule has 0 aliphatic heterocycles. The molecule has 3 heteroatoms. The molecule has 0 spiro atoms. The maximum absolute atomic E-state index is 6.10. The molecule has 1 nitrogen and oxygen atoms in total. The van der Waals surface area contributed by atoms with E-state index in [1.54, 1.807) is 0 Å². The van der Waals surface area contributed by atoms with Crippen molar-refractivity contribution in [3.8, 4) is 0 Å². The lowest BCUT2D eigenvalue weighted by Crippen LogP contribution is -1.89. The first-order valence-electron chi connectivity index (χ1n) is 4.95. The molecular formula is C12H11BrClN. The van der Waals surface area contributed by atoms with Crippen LogP contribution in [0.2, 0.25) is 5.15 Å². The first-order chi connectivity index (χ1) is 7.20. The Balaban J connectivity index is 2.61. The molecule has 0 radical (unpaired) electrons. The normalized spacial score (nSPS) is 10.9. The van der Waals surface area contributed by atoms with E-state index in [0.29, 0.717) is 5.15 Å². The fraction of sp³-hybridized carbons (Fsp3) is 0.250. The van der Waals surface area contributed by atoms with Gasteiger partial charge in [0.25, 0.3) is 0 Å². The van der Waals surface area contributed by atoms with Gasteiger partial charge in [-0.15, -0.1) is 0 Å². The molecule has 0 aliphatic rings. The lowest BCUT2D eigenvalue weighted by atomic mass is 10.1. The average Bonchev–Trinajstić information content (AvgIpc) is 2.20. The van der Waals surface area contributed by atoms with Gasteiger partial charge in [0.1, 0.15) is 5.15 Å². The number of aromatic nitrogens is 1. The zero-order chi connectivity index (χ0) is 10.8. The molecule has 2 aromatic rings. The van der Waals surface area contributed by atoms with Crippen molar-refractivity contribution in [3.63, 3.8) is 0 Å². The summed E-state index contributed by atoms with van der Waals surface area (Å²) in [6.45, 7) is 2.14. The van der Waals surface area contributed by atoms with Gasteiger partial charge >= 0.3 is 0 Å². The van der Waals surface area contributed by atoms with Crippen LogP contribution in [0.4, 0.5) is 0 Å². The number of halogens is 2. The summed E-state index contributed by atoms with van der Waals surface area (Å²) in [4.78, 5) is 4.38. The second kappa shape index (κ2) is 4.50. The van der Waals surface area contributed by atoms with Gasteiger partial charge < -0.3 is 0 Å². The largest absolute Gasteiger partial charge is 0.236 e. The van der Waals surface area contributed by atoms with E-state index in [-0.39, 0.29) is 0 Å². The minimum Gasteiger partial charge on any atom is -0.236 e. The second-order valence-corrected chi connectivity index (χ2v) is 4.80. The second-order valence-electron chi connectivity index (χ2n) is 3.53. The van der Waals surface area contributed by atoms with Crippen LogP contribution < -0.4 is 0 Å². The van der Waals surface area contributed by atoms with Crippen LogP contribution in [0.25, 0.3) is 10.9 Å². The zero-order valence-electron chi connectivity index (χ0n) is 8.43. The molecule has 15 heavy (non-hydrogen) atoms. The van der Waals surface area contributed by atoms with E-state index in [1.165, 1.54) is 0 Å². The van der Waals surface area contributed by atoms with Gasteiger partial charge in [0.2, 0.25) is 0 Å². The molecule has 1 aromatic heterocycles. The summed E-state index contributed by atoms with van der Waals surface area (Å²) in [7, 11) is 0. The Morgan fingerprint density at radius 1 is 1.33 bits per heavy atom. The molecule has 0 aliphatic carbocycles. The fourth-order valence-electron chi connectivity index (χ4n) is 1.61. The Morgan fingerprint density at radius 2 is 2.13 bits per heavy atom. The van der Waals surface area contributed by atoms with Crippen LogP contribution in [-0.2, 0) is 6.42 Å². The Morgan fingerprint density at radius 3 is 2.87 bits per heavy atom. The van der Waals surface area contributed by atoms with Crippen molar-refractivity contribution in [2.24, 2.45) is 0 Å². The third-order valence-electron chi connectivity index (χ3n) is 2.32. The molecule has 0 amide bonds. The summed E-state index contributed by atoms with van der Waals surface area (Å²) in [5.41, 5.74) is 2.08. The topological polar surface area (TPSA) is 12.9 Å². The van der Waals surface area contributed by atoms with Crippen LogP contribution >= 0.6 is 27.5 Å². The third-order valence-corrected chi connectivity index (χ3v) is 3.14. The predicted molar refractivity (Wildman–Crippen MR) is 68.4 cm³/mol. The van der Waals surface area contributed by atoms with E-state index in [1.807, 2.05) is 12.1 Å². The summed E-state index contributed by atoms with van der Waals surface area (Å²) < 4.78 is 1.07. The molecular weight excluding hydrogens is 273 g/mol.